The molecule has 3 aromatic rings. The summed E-state index contributed by atoms with van der Waals surface area (Å²) in [7, 11) is 0. The number of nitrogens with two attached hydrogens (primary N) is 1. The molecule has 1 aromatic carbocycles. The fourth-order valence-electron chi connectivity index (χ4n) is 3.29. The molecule has 0 aliphatic heterocycles. The van der Waals surface area contributed by atoms with Gasteiger partial charge in [-0.05, 0) is 43.9 Å². The third kappa shape index (κ3) is 3.59. The van der Waals surface area contributed by atoms with Crippen LogP contribution in [0.15, 0.2) is 36.7 Å². The first-order valence-corrected chi connectivity index (χ1v) is 9.05. The molecular formula is C18H20ClFN6. The molecule has 6 nitrogen and oxygen atoms in total. The van der Waals surface area contributed by atoms with Crippen molar-refractivity contribution >= 4 is 34.4 Å². The van der Waals surface area contributed by atoms with E-state index in [0.717, 1.165) is 25.7 Å². The van der Waals surface area contributed by atoms with Crippen LogP contribution < -0.4 is 16.4 Å². The average molecular weight is 375 g/mol. The van der Waals surface area contributed by atoms with Gasteiger partial charge in [0.2, 0.25) is 0 Å². The summed E-state index contributed by atoms with van der Waals surface area (Å²) in [4.78, 5) is 4.31. The summed E-state index contributed by atoms with van der Waals surface area (Å²) in [6.07, 6.45) is 7.47. The molecule has 4 rings (SSSR count). The number of fused-ring (bicyclic) bond motifs is 1. The minimum Gasteiger partial charge on any atom is -0.366 e. The third-order valence-electron chi connectivity index (χ3n) is 4.68. The van der Waals surface area contributed by atoms with E-state index in [4.69, 9.17) is 17.3 Å². The van der Waals surface area contributed by atoms with Gasteiger partial charge in [-0.15, -0.1) is 5.10 Å². The van der Waals surface area contributed by atoms with E-state index >= 15 is 0 Å². The van der Waals surface area contributed by atoms with E-state index in [2.05, 4.69) is 20.7 Å². The molecule has 26 heavy (non-hydrogen) atoms. The van der Waals surface area contributed by atoms with Crippen molar-refractivity contribution in [3.05, 3.63) is 47.5 Å². The maximum Gasteiger partial charge on any atom is 0.177 e. The Bertz CT molecular complexity index is 919. The van der Waals surface area contributed by atoms with Gasteiger partial charge in [-0.2, -0.15) is 0 Å². The van der Waals surface area contributed by atoms with Gasteiger partial charge in [-0.3, -0.25) is 0 Å². The lowest BCUT2D eigenvalue weighted by Gasteiger charge is -2.27. The highest BCUT2D eigenvalue weighted by Crippen LogP contribution is 2.28. The monoisotopic (exact) mass is 374 g/mol. The maximum absolute atomic E-state index is 14.2. The third-order valence-corrected chi connectivity index (χ3v) is 4.92. The summed E-state index contributed by atoms with van der Waals surface area (Å²) in [5.41, 5.74) is 7.60. The molecule has 1 saturated carbocycles. The number of rotatable bonds is 4. The predicted molar refractivity (Wildman–Crippen MR) is 102 cm³/mol. The smallest absolute Gasteiger partial charge is 0.177 e. The molecule has 1 aliphatic rings. The first-order valence-electron chi connectivity index (χ1n) is 8.67. The normalized spacial score (nSPS) is 20.3. The van der Waals surface area contributed by atoms with E-state index in [1.165, 1.54) is 6.07 Å². The summed E-state index contributed by atoms with van der Waals surface area (Å²) >= 11 is 5.83. The second kappa shape index (κ2) is 7.09. The van der Waals surface area contributed by atoms with Crippen LogP contribution in [0, 0.1) is 5.82 Å². The molecule has 0 spiro atoms. The lowest BCUT2D eigenvalue weighted by molar-refractivity contribution is 0.410. The second-order valence-corrected chi connectivity index (χ2v) is 7.08. The molecule has 0 radical (unpaired) electrons. The van der Waals surface area contributed by atoms with Crippen LogP contribution in [-0.2, 0) is 0 Å². The van der Waals surface area contributed by atoms with Crippen molar-refractivity contribution in [1.29, 1.82) is 0 Å². The van der Waals surface area contributed by atoms with E-state index in [-0.39, 0.29) is 0 Å². The molecule has 1 fully saturated rings. The molecule has 0 atom stereocenters. The number of hydrogen-bond donors (Lipinski definition) is 3. The van der Waals surface area contributed by atoms with Gasteiger partial charge in [0.1, 0.15) is 11.6 Å². The Labute approximate surface area is 155 Å². The molecule has 8 heteroatoms. The Morgan fingerprint density at radius 2 is 1.96 bits per heavy atom. The minimum atomic E-state index is -0.421. The molecule has 0 bridgehead atoms. The summed E-state index contributed by atoms with van der Waals surface area (Å²) in [5, 5.41) is 11.5. The number of benzene rings is 1. The van der Waals surface area contributed by atoms with Crippen molar-refractivity contribution in [1.82, 2.24) is 14.6 Å². The molecule has 0 amide bonds. The summed E-state index contributed by atoms with van der Waals surface area (Å²) in [6, 6.07) is 7.00. The zero-order chi connectivity index (χ0) is 18.1. The van der Waals surface area contributed by atoms with Crippen LogP contribution in [0.4, 0.5) is 21.6 Å². The van der Waals surface area contributed by atoms with Crippen molar-refractivity contribution in [3.63, 3.8) is 0 Å². The summed E-state index contributed by atoms with van der Waals surface area (Å²) in [5.74, 6) is 0.294. The highest BCUT2D eigenvalue weighted by atomic mass is 35.5. The Kier molecular flexibility index (Phi) is 4.65. The van der Waals surface area contributed by atoms with Crippen LogP contribution in [0.1, 0.15) is 25.7 Å². The van der Waals surface area contributed by atoms with E-state index < -0.39 is 5.82 Å². The van der Waals surface area contributed by atoms with Gasteiger partial charge in [0, 0.05) is 35.6 Å². The number of nitrogens with zero attached hydrogens (tertiary/aromatic N) is 3. The van der Waals surface area contributed by atoms with Gasteiger partial charge in [0.25, 0.3) is 0 Å². The van der Waals surface area contributed by atoms with E-state index in [0.29, 0.717) is 39.9 Å². The van der Waals surface area contributed by atoms with Crippen LogP contribution in [0.3, 0.4) is 0 Å². The molecule has 0 saturated heterocycles. The SMILES string of the molecule is NC1CCC(Nc2cc(Nc3ccc(Cl)cc3F)c3nccn3n2)CC1. The maximum atomic E-state index is 14.2. The molecule has 136 valence electrons. The van der Waals surface area contributed by atoms with E-state index in [1.54, 1.807) is 29.0 Å². The standard InChI is InChI=1S/C18H20ClFN6/c19-11-1-6-15(14(20)9-11)24-16-10-17(25-26-8-7-22-18(16)26)23-13-4-2-12(21)3-5-13/h1,6-10,12-13,24H,2-5,21H2,(H,23,25). The van der Waals surface area contributed by atoms with Crippen molar-refractivity contribution in [2.75, 3.05) is 10.6 Å². The molecule has 4 N–H and O–H groups in total. The second-order valence-electron chi connectivity index (χ2n) is 6.64. The number of nitrogens with one attached hydrogen (secondary N) is 2. The highest BCUT2D eigenvalue weighted by Gasteiger charge is 2.19. The van der Waals surface area contributed by atoms with Crippen molar-refractivity contribution in [2.24, 2.45) is 5.73 Å². The number of halogens is 2. The number of imidazole rings is 1. The Hall–Kier alpha value is -2.38. The van der Waals surface area contributed by atoms with Gasteiger partial charge in [0.05, 0.1) is 11.4 Å². The quantitative estimate of drug-likeness (QED) is 0.644. The number of hydrogen-bond acceptors (Lipinski definition) is 5. The lowest BCUT2D eigenvalue weighted by atomic mass is 9.92. The van der Waals surface area contributed by atoms with Crippen LogP contribution in [0.5, 0.6) is 0 Å². The first kappa shape index (κ1) is 17.1. The fourth-order valence-corrected chi connectivity index (χ4v) is 3.45. The Balaban J connectivity index is 1.62. The molecule has 0 unspecified atom stereocenters. The zero-order valence-corrected chi connectivity index (χ0v) is 14.9. The molecule has 2 aromatic heterocycles. The molecule has 1 aliphatic carbocycles. The van der Waals surface area contributed by atoms with Crippen LogP contribution in [0.2, 0.25) is 5.02 Å². The van der Waals surface area contributed by atoms with Crippen LogP contribution in [-0.4, -0.2) is 26.7 Å². The van der Waals surface area contributed by atoms with Gasteiger partial charge < -0.3 is 16.4 Å². The number of anilines is 3. The van der Waals surface area contributed by atoms with Gasteiger partial charge in [-0.1, -0.05) is 11.6 Å². The highest BCUT2D eigenvalue weighted by molar-refractivity contribution is 6.30. The Morgan fingerprint density at radius 1 is 1.15 bits per heavy atom. The van der Waals surface area contributed by atoms with Gasteiger partial charge in [-0.25, -0.2) is 13.9 Å². The fraction of sp³-hybridized carbons (Fsp3) is 0.333. The lowest BCUT2D eigenvalue weighted by Crippen LogP contribution is -2.33. The Morgan fingerprint density at radius 3 is 2.73 bits per heavy atom. The average Bonchev–Trinajstić information content (AvgIpc) is 3.08. The first-order chi connectivity index (χ1) is 12.6. The molecule has 2 heterocycles. The predicted octanol–water partition coefficient (Wildman–Crippen LogP) is 3.95. The van der Waals surface area contributed by atoms with Crippen molar-refractivity contribution < 1.29 is 4.39 Å². The summed E-state index contributed by atoms with van der Waals surface area (Å²) in [6.45, 7) is 0. The van der Waals surface area contributed by atoms with Gasteiger partial charge in [0.15, 0.2) is 5.65 Å². The summed E-state index contributed by atoms with van der Waals surface area (Å²) < 4.78 is 15.8. The topological polar surface area (TPSA) is 80.3 Å². The van der Waals surface area contributed by atoms with Crippen LogP contribution in [0.25, 0.3) is 5.65 Å². The minimum absolute atomic E-state index is 0.294. The van der Waals surface area contributed by atoms with Gasteiger partial charge >= 0.3 is 0 Å². The van der Waals surface area contributed by atoms with Crippen molar-refractivity contribution in [3.8, 4) is 0 Å². The zero-order valence-electron chi connectivity index (χ0n) is 14.1. The van der Waals surface area contributed by atoms with E-state index in [1.807, 2.05) is 6.07 Å². The number of aromatic nitrogens is 3. The van der Waals surface area contributed by atoms with Crippen LogP contribution >= 0.6 is 11.6 Å². The molecular weight excluding hydrogens is 355 g/mol. The van der Waals surface area contributed by atoms with Crippen molar-refractivity contribution in [2.45, 2.75) is 37.8 Å². The van der Waals surface area contributed by atoms with E-state index in [9.17, 15) is 4.39 Å². The largest absolute Gasteiger partial charge is 0.366 e.